The van der Waals surface area contributed by atoms with E-state index < -0.39 is 5.82 Å². The first-order chi connectivity index (χ1) is 11.6. The molecule has 0 atom stereocenters. The summed E-state index contributed by atoms with van der Waals surface area (Å²) in [7, 11) is 0. The van der Waals surface area contributed by atoms with Gasteiger partial charge in [0, 0.05) is 10.6 Å². The van der Waals surface area contributed by atoms with Gasteiger partial charge < -0.3 is 5.11 Å². The van der Waals surface area contributed by atoms with Gasteiger partial charge in [-0.2, -0.15) is 0 Å². The molecule has 0 unspecified atom stereocenters. The third-order valence-electron chi connectivity index (χ3n) is 5.67. The minimum absolute atomic E-state index is 0.200. The van der Waals surface area contributed by atoms with Crippen molar-refractivity contribution in [2.45, 2.75) is 58.3 Å². The summed E-state index contributed by atoms with van der Waals surface area (Å²) >= 11 is 6.50. The standard InChI is InChI=1S/C21H22ClFO/c1-12-17(22)10-13-6-2-4-8-15(13)19(12)20-16-9-5-3-7-14(16)11-18(23)21(20)24/h10-11,24H,2-9H2,1H3. The van der Waals surface area contributed by atoms with Crippen LogP contribution < -0.4 is 0 Å². The largest absolute Gasteiger partial charge is 0.504 e. The molecular weight excluding hydrogens is 323 g/mol. The van der Waals surface area contributed by atoms with E-state index in [1.165, 1.54) is 23.6 Å². The molecule has 1 N–H and O–H groups in total. The van der Waals surface area contributed by atoms with Gasteiger partial charge in [-0.3, -0.25) is 0 Å². The van der Waals surface area contributed by atoms with Gasteiger partial charge >= 0.3 is 0 Å². The summed E-state index contributed by atoms with van der Waals surface area (Å²) < 4.78 is 14.4. The summed E-state index contributed by atoms with van der Waals surface area (Å²) in [6.45, 7) is 1.99. The molecule has 0 saturated heterocycles. The summed E-state index contributed by atoms with van der Waals surface area (Å²) in [5.41, 5.74) is 7.37. The molecular formula is C21H22ClFO. The summed E-state index contributed by atoms with van der Waals surface area (Å²) in [5, 5.41) is 11.3. The lowest BCUT2D eigenvalue weighted by Gasteiger charge is -2.27. The Kier molecular flexibility index (Phi) is 4.04. The van der Waals surface area contributed by atoms with Crippen LogP contribution in [0.1, 0.15) is 53.5 Å². The molecule has 2 aromatic rings. The fraction of sp³-hybridized carbons (Fsp3) is 0.429. The van der Waals surface area contributed by atoms with E-state index in [1.807, 2.05) is 6.92 Å². The highest BCUT2D eigenvalue weighted by Crippen LogP contribution is 2.46. The fourth-order valence-electron chi connectivity index (χ4n) is 4.45. The van der Waals surface area contributed by atoms with Crippen LogP contribution in [0.4, 0.5) is 4.39 Å². The van der Waals surface area contributed by atoms with Gasteiger partial charge in [-0.1, -0.05) is 11.6 Å². The van der Waals surface area contributed by atoms with Crippen LogP contribution in [0.5, 0.6) is 5.75 Å². The van der Waals surface area contributed by atoms with Gasteiger partial charge in [0.05, 0.1) is 0 Å². The number of aromatic hydroxyl groups is 1. The number of hydrogen-bond donors (Lipinski definition) is 1. The third-order valence-corrected chi connectivity index (χ3v) is 6.07. The highest BCUT2D eigenvalue weighted by atomic mass is 35.5. The molecule has 0 radical (unpaired) electrons. The number of aryl methyl sites for hydroxylation is 2. The zero-order valence-corrected chi connectivity index (χ0v) is 14.8. The van der Waals surface area contributed by atoms with Crippen LogP contribution >= 0.6 is 11.6 Å². The average Bonchev–Trinajstić information content (AvgIpc) is 2.58. The molecule has 24 heavy (non-hydrogen) atoms. The second-order valence-corrected chi connectivity index (χ2v) is 7.54. The molecule has 0 fully saturated rings. The average molecular weight is 345 g/mol. The van der Waals surface area contributed by atoms with Crippen molar-refractivity contribution in [2.75, 3.05) is 0 Å². The smallest absolute Gasteiger partial charge is 0.165 e. The molecule has 0 aromatic heterocycles. The van der Waals surface area contributed by atoms with E-state index in [1.54, 1.807) is 0 Å². The van der Waals surface area contributed by atoms with E-state index in [0.29, 0.717) is 5.56 Å². The second-order valence-electron chi connectivity index (χ2n) is 7.13. The van der Waals surface area contributed by atoms with Crippen molar-refractivity contribution in [2.24, 2.45) is 0 Å². The van der Waals surface area contributed by atoms with Crippen LogP contribution in [0.25, 0.3) is 11.1 Å². The molecule has 0 amide bonds. The third kappa shape index (κ3) is 2.43. The molecule has 126 valence electrons. The van der Waals surface area contributed by atoms with Crippen molar-refractivity contribution in [3.8, 4) is 16.9 Å². The predicted octanol–water partition coefficient (Wildman–Crippen LogP) is 5.92. The number of phenolic OH excluding ortho intramolecular Hbond substituents is 1. The summed E-state index contributed by atoms with van der Waals surface area (Å²) in [5.74, 6) is -0.705. The predicted molar refractivity (Wildman–Crippen MR) is 96.5 cm³/mol. The molecule has 0 saturated carbocycles. The van der Waals surface area contributed by atoms with E-state index in [0.717, 1.165) is 72.2 Å². The van der Waals surface area contributed by atoms with Crippen LogP contribution in [-0.2, 0) is 25.7 Å². The summed E-state index contributed by atoms with van der Waals surface area (Å²) in [6.07, 6.45) is 8.27. The van der Waals surface area contributed by atoms with Crippen LogP contribution in [-0.4, -0.2) is 5.11 Å². The van der Waals surface area contributed by atoms with E-state index >= 15 is 0 Å². The normalized spacial score (nSPS) is 16.6. The van der Waals surface area contributed by atoms with Gasteiger partial charge in [0.15, 0.2) is 11.6 Å². The molecule has 2 aliphatic carbocycles. The van der Waals surface area contributed by atoms with Crippen LogP contribution in [0.3, 0.4) is 0 Å². The Hall–Kier alpha value is -1.54. The fourth-order valence-corrected chi connectivity index (χ4v) is 4.67. The van der Waals surface area contributed by atoms with Crippen molar-refractivity contribution < 1.29 is 9.50 Å². The lowest BCUT2D eigenvalue weighted by atomic mass is 9.79. The Bertz CT molecular complexity index is 756. The van der Waals surface area contributed by atoms with Crippen LogP contribution in [0.2, 0.25) is 5.02 Å². The molecule has 0 bridgehead atoms. The second kappa shape index (κ2) is 6.07. The Balaban J connectivity index is 2.07. The number of fused-ring (bicyclic) bond motifs is 2. The van der Waals surface area contributed by atoms with E-state index in [9.17, 15) is 9.50 Å². The van der Waals surface area contributed by atoms with Gasteiger partial charge in [0.2, 0.25) is 0 Å². The zero-order valence-electron chi connectivity index (χ0n) is 14.0. The molecule has 2 aliphatic rings. The number of phenols is 1. The number of hydrogen-bond acceptors (Lipinski definition) is 1. The Morgan fingerprint density at radius 1 is 0.875 bits per heavy atom. The summed E-state index contributed by atoms with van der Waals surface area (Å²) in [4.78, 5) is 0. The van der Waals surface area contributed by atoms with Crippen LogP contribution in [0, 0.1) is 12.7 Å². The number of halogens is 2. The molecule has 0 aliphatic heterocycles. The van der Waals surface area contributed by atoms with Gasteiger partial charge in [-0.15, -0.1) is 0 Å². The lowest BCUT2D eigenvalue weighted by molar-refractivity contribution is 0.431. The van der Waals surface area contributed by atoms with Crippen molar-refractivity contribution in [3.63, 3.8) is 0 Å². The lowest BCUT2D eigenvalue weighted by Crippen LogP contribution is -2.11. The first-order valence-electron chi connectivity index (χ1n) is 8.92. The highest BCUT2D eigenvalue weighted by molar-refractivity contribution is 6.32. The number of benzene rings is 2. The van der Waals surface area contributed by atoms with Gasteiger partial charge in [0.25, 0.3) is 0 Å². The minimum Gasteiger partial charge on any atom is -0.504 e. The molecule has 0 spiro atoms. The van der Waals surface area contributed by atoms with E-state index in [2.05, 4.69) is 6.07 Å². The van der Waals surface area contributed by atoms with Crippen molar-refractivity contribution in [1.29, 1.82) is 0 Å². The molecule has 1 nitrogen and oxygen atoms in total. The molecule has 4 rings (SSSR count). The number of rotatable bonds is 1. The summed E-state index contributed by atoms with van der Waals surface area (Å²) in [6, 6.07) is 3.59. The first-order valence-corrected chi connectivity index (χ1v) is 9.30. The monoisotopic (exact) mass is 344 g/mol. The zero-order chi connectivity index (χ0) is 16.8. The Labute approximate surface area is 147 Å². The van der Waals surface area contributed by atoms with Crippen molar-refractivity contribution in [1.82, 2.24) is 0 Å². The first kappa shape index (κ1) is 16.0. The van der Waals surface area contributed by atoms with E-state index in [-0.39, 0.29) is 5.75 Å². The Morgan fingerprint density at radius 3 is 2.08 bits per heavy atom. The molecule has 3 heteroatoms. The maximum absolute atomic E-state index is 14.4. The maximum Gasteiger partial charge on any atom is 0.165 e. The van der Waals surface area contributed by atoms with Gasteiger partial charge in [-0.05, 0) is 104 Å². The topological polar surface area (TPSA) is 20.2 Å². The molecule has 0 heterocycles. The molecule has 2 aromatic carbocycles. The van der Waals surface area contributed by atoms with Gasteiger partial charge in [0.1, 0.15) is 0 Å². The Morgan fingerprint density at radius 2 is 1.42 bits per heavy atom. The van der Waals surface area contributed by atoms with Gasteiger partial charge in [-0.25, -0.2) is 4.39 Å². The SMILES string of the molecule is Cc1c(Cl)cc2c(c1-c1c(O)c(F)cc3c1CCCC3)CCCC2. The minimum atomic E-state index is -0.505. The van der Waals surface area contributed by atoms with Crippen molar-refractivity contribution >= 4 is 11.6 Å². The van der Waals surface area contributed by atoms with Crippen LogP contribution in [0.15, 0.2) is 12.1 Å². The quantitative estimate of drug-likeness (QED) is 0.681. The van der Waals surface area contributed by atoms with Crippen molar-refractivity contribution in [3.05, 3.63) is 50.8 Å². The maximum atomic E-state index is 14.4. The highest BCUT2D eigenvalue weighted by Gasteiger charge is 2.27. The van der Waals surface area contributed by atoms with E-state index in [4.69, 9.17) is 11.6 Å².